The van der Waals surface area contributed by atoms with Crippen molar-refractivity contribution in [2.24, 2.45) is 0 Å². The molecule has 0 aromatic carbocycles. The molecular formula is C16H21N5O. The first-order chi connectivity index (χ1) is 10.6. The van der Waals surface area contributed by atoms with Gasteiger partial charge in [0.2, 0.25) is 0 Å². The summed E-state index contributed by atoms with van der Waals surface area (Å²) >= 11 is 0. The summed E-state index contributed by atoms with van der Waals surface area (Å²) in [6.07, 6.45) is 6.07. The highest BCUT2D eigenvalue weighted by atomic mass is 16.2. The van der Waals surface area contributed by atoms with Crippen molar-refractivity contribution in [3.8, 4) is 0 Å². The summed E-state index contributed by atoms with van der Waals surface area (Å²) in [5.74, 6) is 1.38. The van der Waals surface area contributed by atoms with Gasteiger partial charge in [-0.15, -0.1) is 0 Å². The van der Waals surface area contributed by atoms with Crippen LogP contribution in [0, 0.1) is 6.92 Å². The van der Waals surface area contributed by atoms with Crippen molar-refractivity contribution in [1.29, 1.82) is 0 Å². The van der Waals surface area contributed by atoms with E-state index in [2.05, 4.69) is 20.2 Å². The summed E-state index contributed by atoms with van der Waals surface area (Å²) in [5, 5.41) is 7.13. The number of hydrogen-bond donors (Lipinski definition) is 1. The molecule has 6 nitrogen and oxygen atoms in total. The molecule has 0 radical (unpaired) electrons. The van der Waals surface area contributed by atoms with Gasteiger partial charge in [0.25, 0.3) is 5.91 Å². The number of nitrogens with zero attached hydrogens (tertiary/aromatic N) is 4. The first-order valence-electron chi connectivity index (χ1n) is 7.67. The second-order valence-corrected chi connectivity index (χ2v) is 6.19. The Labute approximate surface area is 130 Å². The monoisotopic (exact) mass is 299 g/mol. The maximum absolute atomic E-state index is 12.5. The highest BCUT2D eigenvalue weighted by Crippen LogP contribution is 2.28. The van der Waals surface area contributed by atoms with Crippen LogP contribution in [0.3, 0.4) is 0 Å². The summed E-state index contributed by atoms with van der Waals surface area (Å²) in [6, 6.07) is 0. The smallest absolute Gasteiger partial charge is 0.257 e. The molecule has 3 rings (SSSR count). The third-order valence-electron chi connectivity index (χ3n) is 4.19. The van der Waals surface area contributed by atoms with Gasteiger partial charge in [-0.1, -0.05) is 13.8 Å². The number of hydrogen-bond acceptors (Lipinski definition) is 4. The molecule has 1 N–H and O–H groups in total. The third-order valence-corrected chi connectivity index (χ3v) is 4.19. The average Bonchev–Trinajstić information content (AvgIpc) is 3.15. The predicted octanol–water partition coefficient (Wildman–Crippen LogP) is 2.26. The van der Waals surface area contributed by atoms with Gasteiger partial charge in [0, 0.05) is 43.0 Å². The molecule has 2 aromatic heterocycles. The van der Waals surface area contributed by atoms with Gasteiger partial charge in [-0.25, -0.2) is 9.97 Å². The molecule has 0 bridgehead atoms. The van der Waals surface area contributed by atoms with Gasteiger partial charge in [0.05, 0.1) is 11.8 Å². The molecule has 0 saturated carbocycles. The van der Waals surface area contributed by atoms with Crippen LogP contribution >= 0.6 is 0 Å². The van der Waals surface area contributed by atoms with Crippen molar-refractivity contribution < 1.29 is 4.79 Å². The Morgan fingerprint density at radius 2 is 2.05 bits per heavy atom. The summed E-state index contributed by atoms with van der Waals surface area (Å²) < 4.78 is 0. The molecule has 116 valence electrons. The quantitative estimate of drug-likeness (QED) is 0.943. The van der Waals surface area contributed by atoms with Crippen LogP contribution in [0.2, 0.25) is 0 Å². The van der Waals surface area contributed by atoms with Crippen LogP contribution in [0.25, 0.3) is 0 Å². The second-order valence-electron chi connectivity index (χ2n) is 6.19. The standard InChI is InChI=1S/C16H21N5O/c1-10(2)15-17-7-13(8-18-15)16(22)21-5-4-12(9-21)14-11(3)6-19-20-14/h6-8,10,12H,4-5,9H2,1-3H3,(H,19,20)/t12-/m0/s1. The van der Waals surface area contributed by atoms with Crippen LogP contribution in [0.1, 0.15) is 59.5 Å². The van der Waals surface area contributed by atoms with Crippen LogP contribution in [-0.2, 0) is 0 Å². The van der Waals surface area contributed by atoms with E-state index in [4.69, 9.17) is 0 Å². The number of nitrogens with one attached hydrogen (secondary N) is 1. The Hall–Kier alpha value is -2.24. The number of carbonyl (C=O) groups excluding carboxylic acids is 1. The minimum Gasteiger partial charge on any atom is -0.338 e. The van der Waals surface area contributed by atoms with Crippen LogP contribution in [-0.4, -0.2) is 44.1 Å². The molecule has 0 unspecified atom stereocenters. The van der Waals surface area contributed by atoms with Crippen molar-refractivity contribution in [2.45, 2.75) is 39.0 Å². The van der Waals surface area contributed by atoms with Crippen LogP contribution in [0.15, 0.2) is 18.6 Å². The van der Waals surface area contributed by atoms with E-state index in [1.807, 2.05) is 31.9 Å². The van der Waals surface area contributed by atoms with Crippen LogP contribution in [0.5, 0.6) is 0 Å². The zero-order chi connectivity index (χ0) is 15.7. The SMILES string of the molecule is Cc1cn[nH]c1[C@H]1CCN(C(=O)c2cnc(C(C)C)nc2)C1. The summed E-state index contributed by atoms with van der Waals surface area (Å²) in [4.78, 5) is 23.0. The second kappa shape index (κ2) is 5.87. The lowest BCUT2D eigenvalue weighted by Crippen LogP contribution is -2.28. The van der Waals surface area contributed by atoms with E-state index in [1.54, 1.807) is 12.4 Å². The van der Waals surface area contributed by atoms with Gasteiger partial charge in [0.15, 0.2) is 0 Å². The lowest BCUT2D eigenvalue weighted by molar-refractivity contribution is 0.0789. The molecule has 1 aliphatic rings. The van der Waals surface area contributed by atoms with Crippen LogP contribution in [0.4, 0.5) is 0 Å². The lowest BCUT2D eigenvalue weighted by atomic mass is 10.0. The molecule has 3 heterocycles. The van der Waals surface area contributed by atoms with Gasteiger partial charge >= 0.3 is 0 Å². The summed E-state index contributed by atoms with van der Waals surface area (Å²) in [5.41, 5.74) is 2.86. The highest BCUT2D eigenvalue weighted by molar-refractivity contribution is 5.93. The van der Waals surface area contributed by atoms with E-state index in [-0.39, 0.29) is 11.8 Å². The third kappa shape index (κ3) is 2.73. The molecule has 1 saturated heterocycles. The fourth-order valence-corrected chi connectivity index (χ4v) is 2.88. The van der Waals surface area contributed by atoms with E-state index >= 15 is 0 Å². The van der Waals surface area contributed by atoms with Gasteiger partial charge in [0.1, 0.15) is 5.82 Å². The molecule has 6 heteroatoms. The summed E-state index contributed by atoms with van der Waals surface area (Å²) in [6.45, 7) is 7.59. The minimum absolute atomic E-state index is 0.00924. The number of H-pyrrole nitrogens is 1. The fourth-order valence-electron chi connectivity index (χ4n) is 2.88. The van der Waals surface area contributed by atoms with E-state index in [1.165, 1.54) is 0 Å². The van der Waals surface area contributed by atoms with E-state index < -0.39 is 0 Å². The van der Waals surface area contributed by atoms with Crippen molar-refractivity contribution >= 4 is 5.91 Å². The maximum Gasteiger partial charge on any atom is 0.257 e. The molecule has 1 amide bonds. The Kier molecular flexibility index (Phi) is 3.92. The number of carbonyl (C=O) groups is 1. The molecule has 2 aromatic rings. The number of aromatic nitrogens is 4. The first-order valence-corrected chi connectivity index (χ1v) is 7.67. The molecule has 0 spiro atoms. The van der Waals surface area contributed by atoms with Crippen molar-refractivity contribution in [2.75, 3.05) is 13.1 Å². The number of amides is 1. The molecule has 22 heavy (non-hydrogen) atoms. The highest BCUT2D eigenvalue weighted by Gasteiger charge is 2.30. The molecule has 0 aliphatic carbocycles. The Morgan fingerprint density at radius 3 is 2.64 bits per heavy atom. The molecule has 1 atom stereocenters. The van der Waals surface area contributed by atoms with Gasteiger partial charge in [-0.05, 0) is 18.9 Å². The van der Waals surface area contributed by atoms with Gasteiger partial charge < -0.3 is 4.90 Å². The lowest BCUT2D eigenvalue weighted by Gasteiger charge is -2.16. The number of aromatic amines is 1. The number of aryl methyl sites for hydroxylation is 1. The van der Waals surface area contributed by atoms with Crippen molar-refractivity contribution in [3.05, 3.63) is 41.2 Å². The maximum atomic E-state index is 12.5. The first kappa shape index (κ1) is 14.7. The minimum atomic E-state index is 0.00924. The predicted molar refractivity (Wildman–Crippen MR) is 82.7 cm³/mol. The topological polar surface area (TPSA) is 74.8 Å². The normalized spacial score (nSPS) is 18.2. The number of rotatable bonds is 3. The molecule has 1 fully saturated rings. The average molecular weight is 299 g/mol. The summed E-state index contributed by atoms with van der Waals surface area (Å²) in [7, 11) is 0. The fraction of sp³-hybridized carbons (Fsp3) is 0.500. The van der Waals surface area contributed by atoms with E-state index in [9.17, 15) is 4.79 Å². The Balaban J connectivity index is 1.70. The Bertz CT molecular complexity index is 661. The van der Waals surface area contributed by atoms with Crippen molar-refractivity contribution in [3.63, 3.8) is 0 Å². The van der Waals surface area contributed by atoms with Crippen LogP contribution < -0.4 is 0 Å². The molecular weight excluding hydrogens is 278 g/mol. The zero-order valence-electron chi connectivity index (χ0n) is 13.2. The Morgan fingerprint density at radius 1 is 1.32 bits per heavy atom. The number of likely N-dealkylation sites (tertiary alicyclic amines) is 1. The largest absolute Gasteiger partial charge is 0.338 e. The van der Waals surface area contributed by atoms with E-state index in [0.717, 1.165) is 30.0 Å². The zero-order valence-corrected chi connectivity index (χ0v) is 13.2. The van der Waals surface area contributed by atoms with Gasteiger partial charge in [-0.3, -0.25) is 9.89 Å². The van der Waals surface area contributed by atoms with E-state index in [0.29, 0.717) is 18.0 Å². The van der Waals surface area contributed by atoms with Gasteiger partial charge in [-0.2, -0.15) is 5.10 Å². The molecule has 1 aliphatic heterocycles. The van der Waals surface area contributed by atoms with Crippen molar-refractivity contribution in [1.82, 2.24) is 25.1 Å².